The van der Waals surface area contributed by atoms with Gasteiger partial charge in [-0.2, -0.15) is 0 Å². The third-order valence-electron chi connectivity index (χ3n) is 3.14. The van der Waals surface area contributed by atoms with Crippen molar-refractivity contribution in [1.29, 1.82) is 0 Å². The minimum absolute atomic E-state index is 0.102. The highest BCUT2D eigenvalue weighted by Crippen LogP contribution is 2.29. The zero-order chi connectivity index (χ0) is 13.4. The van der Waals surface area contributed by atoms with E-state index in [1.165, 1.54) is 30.6 Å². The summed E-state index contributed by atoms with van der Waals surface area (Å²) in [6.45, 7) is 2.08. The van der Waals surface area contributed by atoms with E-state index in [0.29, 0.717) is 0 Å². The van der Waals surface area contributed by atoms with Gasteiger partial charge in [0.05, 0.1) is 6.10 Å². The second-order valence-corrected chi connectivity index (χ2v) is 5.59. The van der Waals surface area contributed by atoms with E-state index < -0.39 is 12.2 Å². The second kappa shape index (κ2) is 8.64. The lowest BCUT2D eigenvalue weighted by atomic mass is 10.0. The normalized spacial score (nSPS) is 14.7. The van der Waals surface area contributed by atoms with Crippen molar-refractivity contribution in [2.75, 3.05) is 6.61 Å². The first-order valence-electron chi connectivity index (χ1n) is 6.74. The van der Waals surface area contributed by atoms with E-state index >= 15 is 0 Å². The number of hydrogen-bond acceptors (Lipinski definition) is 4. The van der Waals surface area contributed by atoms with Gasteiger partial charge in [-0.25, -0.2) is 0 Å². The molecule has 3 nitrogen and oxygen atoms in total. The van der Waals surface area contributed by atoms with Crippen molar-refractivity contribution in [3.05, 3.63) is 21.9 Å². The van der Waals surface area contributed by atoms with Gasteiger partial charge in [0.25, 0.3) is 0 Å². The summed E-state index contributed by atoms with van der Waals surface area (Å²) in [5, 5.41) is 30.5. The Hall–Kier alpha value is -0.420. The lowest BCUT2D eigenvalue weighted by Gasteiger charge is -2.17. The molecule has 0 aliphatic rings. The quantitative estimate of drug-likeness (QED) is 0.606. The molecule has 1 heterocycles. The zero-order valence-electron chi connectivity index (χ0n) is 11.0. The number of aryl methyl sites for hydroxylation is 1. The molecule has 3 N–H and O–H groups in total. The molecule has 0 bridgehead atoms. The molecule has 0 aliphatic carbocycles. The second-order valence-electron chi connectivity index (χ2n) is 4.65. The van der Waals surface area contributed by atoms with Gasteiger partial charge in [-0.1, -0.05) is 26.2 Å². The lowest BCUT2D eigenvalue weighted by molar-refractivity contribution is 0.00575. The van der Waals surface area contributed by atoms with Crippen LogP contribution in [0.1, 0.15) is 55.6 Å². The lowest BCUT2D eigenvalue weighted by Crippen LogP contribution is -2.19. The molecule has 0 aliphatic heterocycles. The van der Waals surface area contributed by atoms with Crippen molar-refractivity contribution >= 4 is 11.3 Å². The molecule has 1 rings (SSSR count). The Bertz CT molecular complexity index is 325. The molecule has 2 atom stereocenters. The fraction of sp³-hybridized carbons (Fsp3) is 0.714. The molecule has 0 radical (unpaired) electrons. The summed E-state index contributed by atoms with van der Waals surface area (Å²) in [5.74, 6) is 0. The van der Waals surface area contributed by atoms with Gasteiger partial charge in [-0.3, -0.25) is 0 Å². The molecular weight excluding hydrogens is 248 g/mol. The van der Waals surface area contributed by atoms with Crippen LogP contribution in [0.4, 0.5) is 0 Å². The van der Waals surface area contributed by atoms with Crippen LogP contribution in [0.5, 0.6) is 0 Å². The highest BCUT2D eigenvalue weighted by Gasteiger charge is 2.21. The van der Waals surface area contributed by atoms with E-state index in [1.807, 2.05) is 11.4 Å². The first-order chi connectivity index (χ1) is 8.70. The first-order valence-corrected chi connectivity index (χ1v) is 7.62. The number of aliphatic hydroxyl groups is 3. The standard InChI is InChI=1S/C14H24O3S/c1-2-3-4-5-6-11-8-10-18-14(11)13(17)12(16)7-9-15/h8,10,12-13,15-17H,2-7,9H2,1H3. The SMILES string of the molecule is CCCCCCc1ccsc1C(O)C(O)CCO. The van der Waals surface area contributed by atoms with Gasteiger partial charge in [0.2, 0.25) is 0 Å². The first kappa shape index (κ1) is 15.6. The summed E-state index contributed by atoms with van der Waals surface area (Å²) in [4.78, 5) is 0.854. The molecule has 0 saturated carbocycles. The molecule has 4 heteroatoms. The van der Waals surface area contributed by atoms with Gasteiger partial charge in [0, 0.05) is 11.5 Å². The summed E-state index contributed by atoms with van der Waals surface area (Å²) < 4.78 is 0. The van der Waals surface area contributed by atoms with Gasteiger partial charge in [0.1, 0.15) is 6.10 Å². The number of rotatable bonds is 9. The topological polar surface area (TPSA) is 60.7 Å². The predicted molar refractivity (Wildman–Crippen MR) is 74.8 cm³/mol. The molecule has 2 unspecified atom stereocenters. The molecule has 18 heavy (non-hydrogen) atoms. The highest BCUT2D eigenvalue weighted by molar-refractivity contribution is 7.10. The van der Waals surface area contributed by atoms with Crippen LogP contribution in [0.15, 0.2) is 11.4 Å². The molecule has 0 aromatic carbocycles. The average Bonchev–Trinajstić information content (AvgIpc) is 2.82. The summed E-state index contributed by atoms with van der Waals surface area (Å²) in [5.41, 5.74) is 1.14. The Morgan fingerprint density at radius 3 is 2.67 bits per heavy atom. The van der Waals surface area contributed by atoms with Crippen molar-refractivity contribution in [3.63, 3.8) is 0 Å². The Kier molecular flexibility index (Phi) is 7.51. The number of hydrogen-bond donors (Lipinski definition) is 3. The minimum atomic E-state index is -0.872. The van der Waals surface area contributed by atoms with Gasteiger partial charge >= 0.3 is 0 Å². The number of thiophene rings is 1. The van der Waals surface area contributed by atoms with Crippen LogP contribution < -0.4 is 0 Å². The number of unbranched alkanes of at least 4 members (excludes halogenated alkanes) is 3. The smallest absolute Gasteiger partial charge is 0.114 e. The third kappa shape index (κ3) is 4.69. The van der Waals surface area contributed by atoms with Gasteiger partial charge < -0.3 is 15.3 Å². The Morgan fingerprint density at radius 2 is 2.00 bits per heavy atom. The van der Waals surface area contributed by atoms with Crippen molar-refractivity contribution < 1.29 is 15.3 Å². The van der Waals surface area contributed by atoms with Crippen LogP contribution in [0.3, 0.4) is 0 Å². The Morgan fingerprint density at radius 1 is 1.22 bits per heavy atom. The largest absolute Gasteiger partial charge is 0.396 e. The van der Waals surface area contributed by atoms with Crippen molar-refractivity contribution in [2.45, 2.75) is 57.7 Å². The summed E-state index contributed by atoms with van der Waals surface area (Å²) in [7, 11) is 0. The van der Waals surface area contributed by atoms with Crippen molar-refractivity contribution in [1.82, 2.24) is 0 Å². The molecule has 0 amide bonds. The molecule has 0 saturated heterocycles. The van der Waals surface area contributed by atoms with Gasteiger partial charge in [-0.15, -0.1) is 11.3 Å². The third-order valence-corrected chi connectivity index (χ3v) is 4.17. The molecule has 0 fully saturated rings. The highest BCUT2D eigenvalue weighted by atomic mass is 32.1. The minimum Gasteiger partial charge on any atom is -0.396 e. The average molecular weight is 272 g/mol. The maximum Gasteiger partial charge on any atom is 0.114 e. The summed E-state index contributed by atoms with van der Waals surface area (Å²) in [6, 6.07) is 2.03. The van der Waals surface area contributed by atoms with E-state index in [1.54, 1.807) is 0 Å². The Balaban J connectivity index is 2.52. The van der Waals surface area contributed by atoms with E-state index in [-0.39, 0.29) is 13.0 Å². The van der Waals surface area contributed by atoms with Crippen LogP contribution >= 0.6 is 11.3 Å². The molecule has 0 spiro atoms. The molecule has 1 aromatic rings. The molecular formula is C14H24O3S. The van der Waals surface area contributed by atoms with Crippen LogP contribution in [-0.2, 0) is 6.42 Å². The van der Waals surface area contributed by atoms with E-state index in [0.717, 1.165) is 23.3 Å². The van der Waals surface area contributed by atoms with Crippen LogP contribution in [0, 0.1) is 0 Å². The van der Waals surface area contributed by atoms with E-state index in [4.69, 9.17) is 5.11 Å². The fourth-order valence-electron chi connectivity index (χ4n) is 2.02. The number of aliphatic hydroxyl groups excluding tert-OH is 3. The van der Waals surface area contributed by atoms with Gasteiger partial charge in [-0.05, 0) is 36.3 Å². The Labute approximate surface area is 113 Å². The summed E-state index contributed by atoms with van der Waals surface area (Å²) in [6.07, 6.45) is 4.24. The maximum atomic E-state index is 10.0. The van der Waals surface area contributed by atoms with E-state index in [2.05, 4.69) is 6.92 Å². The van der Waals surface area contributed by atoms with Crippen molar-refractivity contribution in [3.8, 4) is 0 Å². The maximum absolute atomic E-state index is 10.0. The van der Waals surface area contributed by atoms with Crippen LogP contribution in [-0.4, -0.2) is 28.0 Å². The molecule has 1 aromatic heterocycles. The van der Waals surface area contributed by atoms with E-state index in [9.17, 15) is 10.2 Å². The van der Waals surface area contributed by atoms with Crippen molar-refractivity contribution in [2.24, 2.45) is 0 Å². The zero-order valence-corrected chi connectivity index (χ0v) is 11.8. The van der Waals surface area contributed by atoms with Crippen LogP contribution in [0.2, 0.25) is 0 Å². The predicted octanol–water partition coefficient (Wildman–Crippen LogP) is 2.65. The monoisotopic (exact) mass is 272 g/mol. The summed E-state index contributed by atoms with van der Waals surface area (Å²) >= 11 is 1.48. The van der Waals surface area contributed by atoms with Crippen LogP contribution in [0.25, 0.3) is 0 Å². The fourth-order valence-corrected chi connectivity index (χ4v) is 3.02. The van der Waals surface area contributed by atoms with Gasteiger partial charge in [0.15, 0.2) is 0 Å². The molecule has 104 valence electrons.